The van der Waals surface area contributed by atoms with Crippen molar-refractivity contribution < 1.29 is 4.39 Å². The number of hydrogen-bond acceptors (Lipinski definition) is 4. The lowest BCUT2D eigenvalue weighted by atomic mass is 10.2. The fourth-order valence-electron chi connectivity index (χ4n) is 1.89. The van der Waals surface area contributed by atoms with Crippen molar-refractivity contribution in [2.24, 2.45) is 0 Å². The molecule has 0 spiro atoms. The van der Waals surface area contributed by atoms with E-state index < -0.39 is 5.82 Å². The highest BCUT2D eigenvalue weighted by Gasteiger charge is 2.17. The smallest absolute Gasteiger partial charge is 0.169 e. The first-order chi connectivity index (χ1) is 9.00. The molecule has 0 aliphatic rings. The highest BCUT2D eigenvalue weighted by atomic mass is 35.5. The maximum absolute atomic E-state index is 14.1. The molecule has 2 aromatic rings. The first-order valence-electron chi connectivity index (χ1n) is 5.63. The van der Waals surface area contributed by atoms with Gasteiger partial charge in [-0.2, -0.15) is 0 Å². The fourth-order valence-corrected chi connectivity index (χ4v) is 2.03. The van der Waals surface area contributed by atoms with Gasteiger partial charge in [-0.3, -0.25) is 4.98 Å². The summed E-state index contributed by atoms with van der Waals surface area (Å²) < 4.78 is 14.1. The van der Waals surface area contributed by atoms with E-state index in [-0.39, 0.29) is 22.1 Å². The second-order valence-corrected chi connectivity index (χ2v) is 4.63. The standard InChI is InChI=1S/C13H14ClFN4/c1-19(7-8-3-2-4-18-6-8)13-10(17)5-9(16)11(14)12(13)15/h2-6H,7,16-17H2,1H3. The molecule has 19 heavy (non-hydrogen) atoms. The van der Waals surface area contributed by atoms with Crippen LogP contribution >= 0.6 is 11.6 Å². The molecule has 0 aliphatic carbocycles. The number of rotatable bonds is 3. The Hall–Kier alpha value is -2.01. The SMILES string of the molecule is CN(Cc1cccnc1)c1c(N)cc(N)c(Cl)c1F. The van der Waals surface area contributed by atoms with Gasteiger partial charge in [0.25, 0.3) is 0 Å². The van der Waals surface area contributed by atoms with E-state index >= 15 is 0 Å². The lowest BCUT2D eigenvalue weighted by Gasteiger charge is -2.22. The molecule has 100 valence electrons. The third-order valence-electron chi connectivity index (χ3n) is 2.76. The Kier molecular flexibility index (Phi) is 3.76. The molecule has 0 radical (unpaired) electrons. The molecule has 0 unspecified atom stereocenters. The third-order valence-corrected chi connectivity index (χ3v) is 3.15. The highest BCUT2D eigenvalue weighted by molar-refractivity contribution is 6.33. The van der Waals surface area contributed by atoms with Gasteiger partial charge in [-0.05, 0) is 17.7 Å². The summed E-state index contributed by atoms with van der Waals surface area (Å²) in [5.74, 6) is -0.606. The van der Waals surface area contributed by atoms with E-state index in [0.717, 1.165) is 5.56 Å². The Bertz CT molecular complexity index is 589. The molecule has 1 aromatic heterocycles. The second kappa shape index (κ2) is 5.32. The Morgan fingerprint density at radius 2 is 2.11 bits per heavy atom. The number of anilines is 3. The van der Waals surface area contributed by atoms with E-state index in [1.165, 1.54) is 6.07 Å². The van der Waals surface area contributed by atoms with Crippen LogP contribution in [0.4, 0.5) is 21.5 Å². The normalized spacial score (nSPS) is 10.5. The Labute approximate surface area is 115 Å². The van der Waals surface area contributed by atoms with E-state index in [0.29, 0.717) is 6.54 Å². The monoisotopic (exact) mass is 280 g/mol. The lowest BCUT2D eigenvalue weighted by Crippen LogP contribution is -2.20. The van der Waals surface area contributed by atoms with Crippen molar-refractivity contribution in [3.8, 4) is 0 Å². The Morgan fingerprint density at radius 3 is 2.74 bits per heavy atom. The minimum absolute atomic E-state index is 0.109. The summed E-state index contributed by atoms with van der Waals surface area (Å²) >= 11 is 5.81. The fraction of sp³-hybridized carbons (Fsp3) is 0.154. The van der Waals surface area contributed by atoms with Crippen molar-refractivity contribution >= 4 is 28.7 Å². The molecule has 0 fully saturated rings. The lowest BCUT2D eigenvalue weighted by molar-refractivity contribution is 0.624. The van der Waals surface area contributed by atoms with E-state index in [1.54, 1.807) is 24.3 Å². The molecule has 2 rings (SSSR count). The molecule has 0 amide bonds. The predicted molar refractivity (Wildman–Crippen MR) is 76.6 cm³/mol. The van der Waals surface area contributed by atoms with Crippen molar-refractivity contribution in [1.29, 1.82) is 0 Å². The van der Waals surface area contributed by atoms with E-state index in [2.05, 4.69) is 4.98 Å². The van der Waals surface area contributed by atoms with Crippen LogP contribution in [0.1, 0.15) is 5.56 Å². The number of hydrogen-bond donors (Lipinski definition) is 2. The minimum atomic E-state index is -0.606. The van der Waals surface area contributed by atoms with Crippen LogP contribution in [0, 0.1) is 5.82 Å². The van der Waals surface area contributed by atoms with Crippen molar-refractivity contribution in [1.82, 2.24) is 4.98 Å². The summed E-state index contributed by atoms with van der Waals surface area (Å²) in [5, 5.41) is -0.109. The molecule has 0 aliphatic heterocycles. The zero-order valence-corrected chi connectivity index (χ0v) is 11.2. The van der Waals surface area contributed by atoms with Crippen LogP contribution in [0.3, 0.4) is 0 Å². The van der Waals surface area contributed by atoms with Gasteiger partial charge in [-0.15, -0.1) is 0 Å². The highest BCUT2D eigenvalue weighted by Crippen LogP contribution is 2.36. The van der Waals surface area contributed by atoms with Gasteiger partial charge in [0, 0.05) is 26.0 Å². The van der Waals surface area contributed by atoms with Crippen LogP contribution in [-0.4, -0.2) is 12.0 Å². The van der Waals surface area contributed by atoms with Crippen LogP contribution in [0.15, 0.2) is 30.6 Å². The van der Waals surface area contributed by atoms with E-state index in [9.17, 15) is 4.39 Å². The molecule has 0 bridgehead atoms. The van der Waals surface area contributed by atoms with Gasteiger partial charge < -0.3 is 16.4 Å². The summed E-state index contributed by atoms with van der Waals surface area (Å²) in [7, 11) is 1.73. The van der Waals surface area contributed by atoms with Crippen molar-refractivity contribution in [3.05, 3.63) is 47.0 Å². The molecular weight excluding hydrogens is 267 g/mol. The molecule has 0 saturated carbocycles. The summed E-state index contributed by atoms with van der Waals surface area (Å²) in [6.07, 6.45) is 3.39. The van der Waals surface area contributed by atoms with Crippen molar-refractivity contribution in [2.45, 2.75) is 6.54 Å². The molecule has 6 heteroatoms. The van der Waals surface area contributed by atoms with Crippen LogP contribution in [-0.2, 0) is 6.54 Å². The van der Waals surface area contributed by atoms with Gasteiger partial charge in [0.15, 0.2) is 5.82 Å². The van der Waals surface area contributed by atoms with Gasteiger partial charge in [0.2, 0.25) is 0 Å². The first kappa shape index (κ1) is 13.4. The average molecular weight is 281 g/mol. The molecule has 1 aromatic carbocycles. The van der Waals surface area contributed by atoms with Crippen molar-refractivity contribution in [3.63, 3.8) is 0 Å². The predicted octanol–water partition coefficient (Wildman–Crippen LogP) is 2.67. The third kappa shape index (κ3) is 2.71. The molecule has 0 atom stereocenters. The number of nitrogen functional groups attached to an aromatic ring is 2. The Balaban J connectivity index is 2.34. The van der Waals surface area contributed by atoms with Crippen LogP contribution < -0.4 is 16.4 Å². The van der Waals surface area contributed by atoms with E-state index in [1.807, 2.05) is 12.1 Å². The van der Waals surface area contributed by atoms with Gasteiger partial charge in [-0.25, -0.2) is 4.39 Å². The van der Waals surface area contributed by atoms with Gasteiger partial charge in [0.1, 0.15) is 5.02 Å². The maximum atomic E-state index is 14.1. The Morgan fingerprint density at radius 1 is 1.37 bits per heavy atom. The minimum Gasteiger partial charge on any atom is -0.397 e. The quantitative estimate of drug-likeness (QED) is 0.848. The summed E-state index contributed by atoms with van der Waals surface area (Å²) in [6.45, 7) is 0.467. The average Bonchev–Trinajstić information content (AvgIpc) is 2.37. The molecule has 1 heterocycles. The first-order valence-corrected chi connectivity index (χ1v) is 6.01. The largest absolute Gasteiger partial charge is 0.397 e. The number of pyridine rings is 1. The van der Waals surface area contributed by atoms with Crippen LogP contribution in [0.25, 0.3) is 0 Å². The second-order valence-electron chi connectivity index (χ2n) is 4.25. The zero-order valence-electron chi connectivity index (χ0n) is 10.4. The van der Waals surface area contributed by atoms with Crippen LogP contribution in [0.5, 0.6) is 0 Å². The number of nitrogens with zero attached hydrogens (tertiary/aromatic N) is 2. The number of benzene rings is 1. The molecular formula is C13H14ClFN4. The van der Waals surface area contributed by atoms with Gasteiger partial charge in [-0.1, -0.05) is 17.7 Å². The maximum Gasteiger partial charge on any atom is 0.169 e. The number of aromatic nitrogens is 1. The number of halogens is 2. The summed E-state index contributed by atoms with van der Waals surface area (Å²) in [4.78, 5) is 5.68. The van der Waals surface area contributed by atoms with Crippen LogP contribution in [0.2, 0.25) is 5.02 Å². The topological polar surface area (TPSA) is 68.2 Å². The molecule has 4 N–H and O–H groups in total. The molecule has 4 nitrogen and oxygen atoms in total. The zero-order chi connectivity index (χ0) is 14.0. The summed E-state index contributed by atoms with van der Waals surface area (Å²) in [5.41, 5.74) is 12.9. The molecule has 0 saturated heterocycles. The summed E-state index contributed by atoms with van der Waals surface area (Å²) in [6, 6.07) is 5.18. The number of nitrogens with two attached hydrogens (primary N) is 2. The van der Waals surface area contributed by atoms with Gasteiger partial charge in [0.05, 0.1) is 17.1 Å². The van der Waals surface area contributed by atoms with Crippen molar-refractivity contribution in [2.75, 3.05) is 23.4 Å². The van der Waals surface area contributed by atoms with E-state index in [4.69, 9.17) is 23.1 Å². The van der Waals surface area contributed by atoms with Gasteiger partial charge >= 0.3 is 0 Å².